The number of benzene rings is 2. The lowest BCUT2D eigenvalue weighted by Gasteiger charge is -2.14. The van der Waals surface area contributed by atoms with Gasteiger partial charge in [0.1, 0.15) is 11.6 Å². The van der Waals surface area contributed by atoms with Crippen molar-refractivity contribution < 1.29 is 9.13 Å². The van der Waals surface area contributed by atoms with Gasteiger partial charge in [-0.15, -0.1) is 24.0 Å². The predicted octanol–water partition coefficient (Wildman–Crippen LogP) is 3.71. The van der Waals surface area contributed by atoms with Crippen LogP contribution in [0.1, 0.15) is 18.1 Å². The molecule has 0 unspecified atom stereocenters. The first-order valence-electron chi connectivity index (χ1n) is 7.62. The molecular weight excluding hydrogens is 420 g/mol. The Bertz CT molecular complexity index is 664. The van der Waals surface area contributed by atoms with Gasteiger partial charge in [0.25, 0.3) is 0 Å². The molecule has 0 amide bonds. The van der Waals surface area contributed by atoms with Crippen molar-refractivity contribution in [2.45, 2.75) is 20.0 Å². The van der Waals surface area contributed by atoms with E-state index in [1.54, 1.807) is 13.1 Å². The quantitative estimate of drug-likeness (QED) is 0.407. The number of halogens is 2. The molecule has 0 aliphatic carbocycles. The van der Waals surface area contributed by atoms with E-state index in [1.165, 1.54) is 12.1 Å². The number of nitrogens with zero attached hydrogens (tertiary/aromatic N) is 1. The molecule has 0 spiro atoms. The van der Waals surface area contributed by atoms with Crippen LogP contribution >= 0.6 is 24.0 Å². The van der Waals surface area contributed by atoms with Gasteiger partial charge in [0.2, 0.25) is 0 Å². The number of hydrogen-bond donors (Lipinski definition) is 2. The third-order valence-electron chi connectivity index (χ3n) is 3.29. The molecule has 0 aliphatic heterocycles. The molecule has 0 fully saturated rings. The molecule has 0 aliphatic rings. The van der Waals surface area contributed by atoms with Gasteiger partial charge < -0.3 is 15.4 Å². The average molecular weight is 443 g/mol. The molecule has 0 saturated carbocycles. The van der Waals surface area contributed by atoms with Gasteiger partial charge in [-0.1, -0.05) is 30.3 Å². The Morgan fingerprint density at radius 1 is 1.08 bits per heavy atom. The van der Waals surface area contributed by atoms with Crippen molar-refractivity contribution in [3.63, 3.8) is 0 Å². The minimum Gasteiger partial charge on any atom is -0.494 e. The number of aliphatic imine (C=N–C) groups is 1. The molecular formula is C18H23FIN3O. The number of guanidine groups is 1. The minimum absolute atomic E-state index is 0. The summed E-state index contributed by atoms with van der Waals surface area (Å²) in [6.45, 7) is 3.69. The second-order valence-electron chi connectivity index (χ2n) is 4.95. The van der Waals surface area contributed by atoms with Crippen molar-refractivity contribution in [3.05, 3.63) is 65.5 Å². The summed E-state index contributed by atoms with van der Waals surface area (Å²) in [5.41, 5.74) is 1.92. The molecule has 0 bridgehead atoms. The van der Waals surface area contributed by atoms with Crippen molar-refractivity contribution in [1.29, 1.82) is 0 Å². The SMILES string of the molecule is CCOc1ccccc1CNC(=NC)NCc1cccc(F)c1.I. The van der Waals surface area contributed by atoms with E-state index in [1.807, 2.05) is 37.3 Å². The molecule has 0 heterocycles. The Labute approximate surface area is 159 Å². The predicted molar refractivity (Wildman–Crippen MR) is 106 cm³/mol. The average Bonchev–Trinajstić information content (AvgIpc) is 2.57. The Balaban J connectivity index is 0.00000288. The van der Waals surface area contributed by atoms with E-state index >= 15 is 0 Å². The monoisotopic (exact) mass is 443 g/mol. The van der Waals surface area contributed by atoms with Gasteiger partial charge in [-0.2, -0.15) is 0 Å². The summed E-state index contributed by atoms with van der Waals surface area (Å²) < 4.78 is 18.8. The molecule has 130 valence electrons. The fourth-order valence-electron chi connectivity index (χ4n) is 2.18. The summed E-state index contributed by atoms with van der Waals surface area (Å²) in [5, 5.41) is 6.40. The van der Waals surface area contributed by atoms with Crippen LogP contribution in [-0.4, -0.2) is 19.6 Å². The topological polar surface area (TPSA) is 45.6 Å². The van der Waals surface area contributed by atoms with Crippen LogP contribution in [0.3, 0.4) is 0 Å². The summed E-state index contributed by atoms with van der Waals surface area (Å²) in [4.78, 5) is 4.18. The van der Waals surface area contributed by atoms with E-state index in [2.05, 4.69) is 15.6 Å². The van der Waals surface area contributed by atoms with Crippen molar-refractivity contribution in [2.24, 2.45) is 4.99 Å². The van der Waals surface area contributed by atoms with Gasteiger partial charge in [0.15, 0.2) is 5.96 Å². The van der Waals surface area contributed by atoms with E-state index in [0.29, 0.717) is 25.7 Å². The zero-order valence-corrected chi connectivity index (χ0v) is 16.2. The molecule has 0 aromatic heterocycles. The highest BCUT2D eigenvalue weighted by Crippen LogP contribution is 2.17. The van der Waals surface area contributed by atoms with E-state index in [-0.39, 0.29) is 29.8 Å². The van der Waals surface area contributed by atoms with Gasteiger partial charge in [-0.25, -0.2) is 4.39 Å². The first kappa shape index (κ1) is 20.2. The lowest BCUT2D eigenvalue weighted by molar-refractivity contribution is 0.336. The zero-order valence-electron chi connectivity index (χ0n) is 13.9. The van der Waals surface area contributed by atoms with Crippen molar-refractivity contribution >= 4 is 29.9 Å². The maximum Gasteiger partial charge on any atom is 0.191 e. The maximum atomic E-state index is 13.2. The standard InChI is InChI=1S/C18H22FN3O.HI/c1-3-23-17-10-5-4-8-15(17)13-22-18(20-2)21-12-14-7-6-9-16(19)11-14;/h4-11H,3,12-13H2,1-2H3,(H2,20,21,22);1H. The smallest absolute Gasteiger partial charge is 0.191 e. The summed E-state index contributed by atoms with van der Waals surface area (Å²) >= 11 is 0. The third kappa shape index (κ3) is 6.35. The first-order chi connectivity index (χ1) is 11.2. The van der Waals surface area contributed by atoms with E-state index in [4.69, 9.17) is 4.74 Å². The van der Waals surface area contributed by atoms with E-state index in [9.17, 15) is 4.39 Å². The van der Waals surface area contributed by atoms with Gasteiger partial charge >= 0.3 is 0 Å². The lowest BCUT2D eigenvalue weighted by Crippen LogP contribution is -2.36. The Morgan fingerprint density at radius 2 is 1.83 bits per heavy atom. The molecule has 2 rings (SSSR count). The molecule has 2 aromatic carbocycles. The number of ether oxygens (including phenoxy) is 1. The number of para-hydroxylation sites is 1. The van der Waals surface area contributed by atoms with Crippen LogP contribution in [0.5, 0.6) is 5.75 Å². The second-order valence-corrected chi connectivity index (χ2v) is 4.95. The molecule has 6 heteroatoms. The van der Waals surface area contributed by atoms with Crippen LogP contribution in [0.25, 0.3) is 0 Å². The Morgan fingerprint density at radius 3 is 2.54 bits per heavy atom. The van der Waals surface area contributed by atoms with Crippen LogP contribution in [0.4, 0.5) is 4.39 Å². The fraction of sp³-hybridized carbons (Fsp3) is 0.278. The third-order valence-corrected chi connectivity index (χ3v) is 3.29. The Hall–Kier alpha value is -1.83. The van der Waals surface area contributed by atoms with Crippen molar-refractivity contribution in [1.82, 2.24) is 10.6 Å². The van der Waals surface area contributed by atoms with Gasteiger partial charge in [-0.05, 0) is 30.7 Å². The highest BCUT2D eigenvalue weighted by Gasteiger charge is 2.04. The summed E-state index contributed by atoms with van der Waals surface area (Å²) in [6.07, 6.45) is 0. The number of nitrogens with one attached hydrogen (secondary N) is 2. The molecule has 2 N–H and O–H groups in total. The highest BCUT2D eigenvalue weighted by atomic mass is 127. The van der Waals surface area contributed by atoms with Crippen molar-refractivity contribution in [2.75, 3.05) is 13.7 Å². The highest BCUT2D eigenvalue weighted by molar-refractivity contribution is 14.0. The molecule has 4 nitrogen and oxygen atoms in total. The maximum absolute atomic E-state index is 13.2. The number of hydrogen-bond acceptors (Lipinski definition) is 2. The first-order valence-corrected chi connectivity index (χ1v) is 7.62. The van der Waals surface area contributed by atoms with Gasteiger partial charge in [-0.3, -0.25) is 4.99 Å². The lowest BCUT2D eigenvalue weighted by atomic mass is 10.2. The van der Waals surface area contributed by atoms with E-state index in [0.717, 1.165) is 16.9 Å². The van der Waals surface area contributed by atoms with Crippen LogP contribution < -0.4 is 15.4 Å². The normalized spacial score (nSPS) is 10.7. The largest absolute Gasteiger partial charge is 0.494 e. The molecule has 24 heavy (non-hydrogen) atoms. The molecule has 0 radical (unpaired) electrons. The molecule has 2 aromatic rings. The Kier molecular flexibility index (Phi) is 9.14. The van der Waals surface area contributed by atoms with Gasteiger partial charge in [0, 0.05) is 25.7 Å². The van der Waals surface area contributed by atoms with Crippen LogP contribution in [0, 0.1) is 5.82 Å². The number of rotatable bonds is 6. The van der Waals surface area contributed by atoms with Crippen LogP contribution in [0.15, 0.2) is 53.5 Å². The van der Waals surface area contributed by atoms with Gasteiger partial charge in [0.05, 0.1) is 6.61 Å². The van der Waals surface area contributed by atoms with Crippen LogP contribution in [0.2, 0.25) is 0 Å². The summed E-state index contributed by atoms with van der Waals surface area (Å²) in [6, 6.07) is 14.4. The van der Waals surface area contributed by atoms with Crippen molar-refractivity contribution in [3.8, 4) is 5.75 Å². The van der Waals surface area contributed by atoms with Crippen LogP contribution in [-0.2, 0) is 13.1 Å². The second kappa shape index (κ2) is 10.9. The van der Waals surface area contributed by atoms with E-state index < -0.39 is 0 Å². The minimum atomic E-state index is -0.238. The molecule has 0 saturated heterocycles. The molecule has 0 atom stereocenters. The summed E-state index contributed by atoms with van der Waals surface area (Å²) in [7, 11) is 1.70. The fourth-order valence-corrected chi connectivity index (χ4v) is 2.18. The summed E-state index contributed by atoms with van der Waals surface area (Å²) in [5.74, 6) is 1.28. The zero-order chi connectivity index (χ0) is 16.5.